The van der Waals surface area contributed by atoms with Crippen LogP contribution >= 0.6 is 22.9 Å². The van der Waals surface area contributed by atoms with Crippen LogP contribution in [0.15, 0.2) is 65.3 Å². The summed E-state index contributed by atoms with van der Waals surface area (Å²) in [7, 11) is 1.62. The number of carbonyl (C=O) groups excluding carboxylic acids is 1. The molecule has 0 aliphatic rings. The predicted molar refractivity (Wildman–Crippen MR) is 107 cm³/mol. The van der Waals surface area contributed by atoms with Crippen molar-refractivity contribution in [1.82, 2.24) is 4.98 Å². The van der Waals surface area contributed by atoms with E-state index in [-0.39, 0.29) is 12.5 Å². The third kappa shape index (κ3) is 3.67. The first-order valence-corrected chi connectivity index (χ1v) is 9.38. The second-order valence-corrected chi connectivity index (χ2v) is 7.25. The van der Waals surface area contributed by atoms with Crippen molar-refractivity contribution in [2.75, 3.05) is 12.0 Å². The molecule has 27 heavy (non-hydrogen) atoms. The molecule has 4 rings (SSSR count). The molecule has 0 aliphatic carbocycles. The highest BCUT2D eigenvalue weighted by Crippen LogP contribution is 2.33. The number of benzene rings is 2. The normalized spacial score (nSPS) is 10.9. The first-order valence-electron chi connectivity index (χ1n) is 8.18. The van der Waals surface area contributed by atoms with E-state index in [1.165, 1.54) is 11.3 Å². The van der Waals surface area contributed by atoms with Crippen molar-refractivity contribution in [2.24, 2.45) is 0 Å². The number of hydrogen-bond donors (Lipinski definition) is 0. The van der Waals surface area contributed by atoms with Crippen molar-refractivity contribution < 1.29 is 13.9 Å². The summed E-state index contributed by atoms with van der Waals surface area (Å²) in [5, 5.41) is 1.17. The number of halogens is 1. The van der Waals surface area contributed by atoms with Crippen LogP contribution in [0.1, 0.15) is 16.1 Å². The van der Waals surface area contributed by atoms with E-state index in [1.54, 1.807) is 48.6 Å². The Morgan fingerprint density at radius 2 is 2.04 bits per heavy atom. The van der Waals surface area contributed by atoms with Crippen LogP contribution in [0.4, 0.5) is 5.13 Å². The number of furan rings is 1. The van der Waals surface area contributed by atoms with Gasteiger partial charge in [-0.15, -0.1) is 0 Å². The van der Waals surface area contributed by atoms with Crippen molar-refractivity contribution in [3.05, 3.63) is 77.2 Å². The summed E-state index contributed by atoms with van der Waals surface area (Å²) in [6.45, 7) is 0.283. The van der Waals surface area contributed by atoms with Gasteiger partial charge in [-0.3, -0.25) is 9.69 Å². The first-order chi connectivity index (χ1) is 13.1. The number of hydrogen-bond acceptors (Lipinski definition) is 5. The molecular weight excluding hydrogens is 384 g/mol. The monoisotopic (exact) mass is 398 g/mol. The van der Waals surface area contributed by atoms with Crippen LogP contribution in [-0.4, -0.2) is 18.0 Å². The Morgan fingerprint density at radius 1 is 1.22 bits per heavy atom. The van der Waals surface area contributed by atoms with Crippen LogP contribution < -0.4 is 9.64 Å². The van der Waals surface area contributed by atoms with Crippen LogP contribution in [0.25, 0.3) is 10.2 Å². The summed E-state index contributed by atoms with van der Waals surface area (Å²) in [5.74, 6) is 1.25. The Balaban J connectivity index is 1.75. The fourth-order valence-corrected chi connectivity index (χ4v) is 3.79. The van der Waals surface area contributed by atoms with Crippen molar-refractivity contribution in [1.29, 1.82) is 0 Å². The summed E-state index contributed by atoms with van der Waals surface area (Å²) in [5.41, 5.74) is 1.34. The quantitative estimate of drug-likeness (QED) is 0.451. The molecule has 7 heteroatoms. The van der Waals surface area contributed by atoms with E-state index in [4.69, 9.17) is 20.8 Å². The van der Waals surface area contributed by atoms with Gasteiger partial charge in [0.25, 0.3) is 5.91 Å². The van der Waals surface area contributed by atoms with Gasteiger partial charge in [0, 0.05) is 10.6 Å². The molecule has 0 fully saturated rings. The number of amides is 1. The lowest BCUT2D eigenvalue weighted by molar-refractivity contribution is 0.0983. The summed E-state index contributed by atoms with van der Waals surface area (Å²) in [6, 6.07) is 16.1. The zero-order valence-corrected chi connectivity index (χ0v) is 16.0. The summed E-state index contributed by atoms with van der Waals surface area (Å²) >= 11 is 7.38. The standard InChI is InChI=1S/C20H15ClN2O3S/c1-25-15-8-9-17-18(11-15)27-20(22-17)23(12-16-3-2-10-26-16)19(24)13-4-6-14(21)7-5-13/h2-11H,12H2,1H3. The maximum absolute atomic E-state index is 13.2. The molecule has 0 radical (unpaired) electrons. The molecule has 0 atom stereocenters. The number of carbonyl (C=O) groups is 1. The molecule has 4 aromatic rings. The maximum atomic E-state index is 13.2. The van der Waals surface area contributed by atoms with Crippen LogP contribution in [0.2, 0.25) is 5.02 Å². The molecular formula is C20H15ClN2O3S. The lowest BCUT2D eigenvalue weighted by atomic mass is 10.2. The molecule has 5 nitrogen and oxygen atoms in total. The third-order valence-corrected chi connectivity index (χ3v) is 5.34. The molecule has 2 heterocycles. The Labute approximate surface area is 164 Å². The van der Waals surface area contributed by atoms with E-state index in [1.807, 2.05) is 24.3 Å². The number of thiazole rings is 1. The fraction of sp³-hybridized carbons (Fsp3) is 0.100. The van der Waals surface area contributed by atoms with Gasteiger partial charge in [0.1, 0.15) is 11.5 Å². The van der Waals surface area contributed by atoms with E-state index in [0.717, 1.165) is 16.0 Å². The number of fused-ring (bicyclic) bond motifs is 1. The van der Waals surface area contributed by atoms with Crippen molar-refractivity contribution >= 4 is 44.2 Å². The summed E-state index contributed by atoms with van der Waals surface area (Å²) in [6.07, 6.45) is 1.59. The molecule has 0 bridgehead atoms. The minimum absolute atomic E-state index is 0.172. The first kappa shape index (κ1) is 17.6. The lowest BCUT2D eigenvalue weighted by Gasteiger charge is -2.18. The molecule has 0 saturated carbocycles. The summed E-state index contributed by atoms with van der Waals surface area (Å²) in [4.78, 5) is 19.4. The van der Waals surface area contributed by atoms with E-state index in [0.29, 0.717) is 21.5 Å². The molecule has 1 amide bonds. The van der Waals surface area contributed by atoms with Gasteiger partial charge in [-0.25, -0.2) is 4.98 Å². The van der Waals surface area contributed by atoms with Crippen LogP contribution in [0, 0.1) is 0 Å². The highest BCUT2D eigenvalue weighted by atomic mass is 35.5. The number of nitrogens with zero attached hydrogens (tertiary/aromatic N) is 2. The molecule has 0 spiro atoms. The van der Waals surface area contributed by atoms with E-state index in [9.17, 15) is 4.79 Å². The van der Waals surface area contributed by atoms with Crippen LogP contribution in [-0.2, 0) is 6.54 Å². The molecule has 2 aromatic carbocycles. The van der Waals surface area contributed by atoms with Gasteiger partial charge < -0.3 is 9.15 Å². The molecule has 2 aromatic heterocycles. The van der Waals surface area contributed by atoms with Crippen LogP contribution in [0.5, 0.6) is 5.75 Å². The number of rotatable bonds is 5. The average Bonchev–Trinajstić information content (AvgIpc) is 3.34. The fourth-order valence-electron chi connectivity index (χ4n) is 2.67. The Hall–Kier alpha value is -2.83. The zero-order chi connectivity index (χ0) is 18.8. The molecule has 0 N–H and O–H groups in total. The van der Waals surface area contributed by atoms with E-state index >= 15 is 0 Å². The van der Waals surface area contributed by atoms with Crippen molar-refractivity contribution in [3.63, 3.8) is 0 Å². The maximum Gasteiger partial charge on any atom is 0.260 e. The van der Waals surface area contributed by atoms with Gasteiger partial charge in [0.15, 0.2) is 5.13 Å². The third-order valence-electron chi connectivity index (χ3n) is 4.05. The van der Waals surface area contributed by atoms with Gasteiger partial charge in [-0.05, 0) is 54.6 Å². The van der Waals surface area contributed by atoms with Gasteiger partial charge >= 0.3 is 0 Å². The van der Waals surface area contributed by atoms with E-state index < -0.39 is 0 Å². The molecule has 0 saturated heterocycles. The van der Waals surface area contributed by atoms with Crippen LogP contribution in [0.3, 0.4) is 0 Å². The van der Waals surface area contributed by atoms with E-state index in [2.05, 4.69) is 4.98 Å². The minimum atomic E-state index is -0.172. The topological polar surface area (TPSA) is 55.6 Å². The van der Waals surface area contributed by atoms with Crippen molar-refractivity contribution in [2.45, 2.75) is 6.54 Å². The highest BCUT2D eigenvalue weighted by molar-refractivity contribution is 7.22. The second-order valence-electron chi connectivity index (χ2n) is 5.81. The van der Waals surface area contributed by atoms with Gasteiger partial charge in [0.2, 0.25) is 0 Å². The number of aromatic nitrogens is 1. The number of ether oxygens (including phenoxy) is 1. The average molecular weight is 399 g/mol. The molecule has 0 unspecified atom stereocenters. The Bertz CT molecular complexity index is 1070. The second kappa shape index (κ2) is 7.42. The highest BCUT2D eigenvalue weighted by Gasteiger charge is 2.23. The van der Waals surface area contributed by atoms with Gasteiger partial charge in [-0.2, -0.15) is 0 Å². The molecule has 0 aliphatic heterocycles. The summed E-state index contributed by atoms with van der Waals surface area (Å²) < 4.78 is 11.7. The predicted octanol–water partition coefficient (Wildman–Crippen LogP) is 5.40. The zero-order valence-electron chi connectivity index (χ0n) is 14.4. The number of anilines is 1. The molecule has 136 valence electrons. The minimum Gasteiger partial charge on any atom is -0.497 e. The lowest BCUT2D eigenvalue weighted by Crippen LogP contribution is -2.30. The largest absolute Gasteiger partial charge is 0.497 e. The Kier molecular flexibility index (Phi) is 4.83. The Morgan fingerprint density at radius 3 is 2.74 bits per heavy atom. The van der Waals surface area contributed by atoms with Gasteiger partial charge in [0.05, 0.1) is 30.1 Å². The SMILES string of the molecule is COc1ccc2nc(N(Cc3ccco3)C(=O)c3ccc(Cl)cc3)sc2c1. The van der Waals surface area contributed by atoms with Gasteiger partial charge in [-0.1, -0.05) is 22.9 Å². The number of methoxy groups -OCH3 is 1. The smallest absolute Gasteiger partial charge is 0.260 e. The van der Waals surface area contributed by atoms with Crippen molar-refractivity contribution in [3.8, 4) is 5.75 Å².